The number of benzene rings is 1. The van der Waals surface area contributed by atoms with Crippen LogP contribution in [0.15, 0.2) is 24.4 Å². The van der Waals surface area contributed by atoms with Crippen molar-refractivity contribution in [1.82, 2.24) is 9.97 Å². The Morgan fingerprint density at radius 1 is 1.32 bits per heavy atom. The van der Waals surface area contributed by atoms with E-state index in [1.165, 1.54) is 13.1 Å². The average molecular weight is 265 g/mol. The first kappa shape index (κ1) is 12.9. The van der Waals surface area contributed by atoms with Gasteiger partial charge in [0.1, 0.15) is 11.4 Å². The third kappa shape index (κ3) is 2.49. The molecular formula is C12H9F2N3O2. The molecule has 0 fully saturated rings. The lowest BCUT2D eigenvalue weighted by Gasteiger charge is -2.06. The van der Waals surface area contributed by atoms with Gasteiger partial charge in [-0.15, -0.1) is 0 Å². The van der Waals surface area contributed by atoms with Gasteiger partial charge in [-0.1, -0.05) is 0 Å². The maximum Gasteiger partial charge on any atom is 0.341 e. The Balaban J connectivity index is 2.51. The first-order chi connectivity index (χ1) is 9.02. The van der Waals surface area contributed by atoms with Crippen molar-refractivity contribution in [3.8, 4) is 11.4 Å². The maximum atomic E-state index is 13.1. The van der Waals surface area contributed by atoms with E-state index in [-0.39, 0.29) is 22.8 Å². The number of carboxylic acids is 1. The highest BCUT2D eigenvalue weighted by Crippen LogP contribution is 2.21. The third-order valence-electron chi connectivity index (χ3n) is 2.43. The third-order valence-corrected chi connectivity index (χ3v) is 2.43. The number of nitrogens with zero attached hydrogens (tertiary/aromatic N) is 2. The molecule has 2 N–H and O–H groups in total. The van der Waals surface area contributed by atoms with E-state index >= 15 is 0 Å². The van der Waals surface area contributed by atoms with Gasteiger partial charge >= 0.3 is 5.97 Å². The highest BCUT2D eigenvalue weighted by Gasteiger charge is 2.14. The molecule has 1 aromatic carbocycles. The quantitative estimate of drug-likeness (QED) is 0.889. The zero-order chi connectivity index (χ0) is 14.0. The molecule has 1 heterocycles. The summed E-state index contributed by atoms with van der Waals surface area (Å²) in [7, 11) is 1.50. The molecular weight excluding hydrogens is 256 g/mol. The van der Waals surface area contributed by atoms with Crippen molar-refractivity contribution < 1.29 is 18.7 Å². The molecule has 0 bridgehead atoms. The number of aromatic carboxylic acids is 1. The lowest BCUT2D eigenvalue weighted by atomic mass is 10.2. The number of carboxylic acid groups (broad SMARTS) is 1. The van der Waals surface area contributed by atoms with Crippen LogP contribution in [0.3, 0.4) is 0 Å². The Bertz CT molecular complexity index is 647. The van der Waals surface area contributed by atoms with Gasteiger partial charge < -0.3 is 10.4 Å². The van der Waals surface area contributed by atoms with Crippen molar-refractivity contribution in [3.63, 3.8) is 0 Å². The first-order valence-corrected chi connectivity index (χ1v) is 5.26. The average Bonchev–Trinajstić information content (AvgIpc) is 2.41. The normalized spacial score (nSPS) is 10.3. The molecule has 0 amide bonds. The Hall–Kier alpha value is -2.57. The molecule has 5 nitrogen and oxygen atoms in total. The van der Waals surface area contributed by atoms with E-state index < -0.39 is 17.6 Å². The molecule has 2 rings (SSSR count). The summed E-state index contributed by atoms with van der Waals surface area (Å²) in [6.45, 7) is 0. The number of aromatic nitrogens is 2. The predicted octanol–water partition coefficient (Wildman–Crippen LogP) is 2.16. The molecule has 0 aliphatic carbocycles. The van der Waals surface area contributed by atoms with Crippen LogP contribution < -0.4 is 5.32 Å². The number of nitrogens with one attached hydrogen (secondary N) is 1. The fourth-order valence-corrected chi connectivity index (χ4v) is 1.50. The summed E-state index contributed by atoms with van der Waals surface area (Å²) in [5.74, 6) is -2.97. The number of hydrogen-bond donors (Lipinski definition) is 2. The van der Waals surface area contributed by atoms with Gasteiger partial charge in [0.2, 0.25) is 0 Å². The summed E-state index contributed by atoms with van der Waals surface area (Å²) in [6.07, 6.45) is 1.11. The SMILES string of the molecule is CNc1nc(-c2ccc(F)c(F)c2)ncc1C(=O)O. The second kappa shape index (κ2) is 4.97. The summed E-state index contributed by atoms with van der Waals surface area (Å²) in [5, 5.41) is 11.5. The summed E-state index contributed by atoms with van der Waals surface area (Å²) >= 11 is 0. The van der Waals surface area contributed by atoms with Gasteiger partial charge in [-0.3, -0.25) is 0 Å². The Morgan fingerprint density at radius 2 is 2.05 bits per heavy atom. The van der Waals surface area contributed by atoms with E-state index in [1.807, 2.05) is 0 Å². The molecule has 0 spiro atoms. The van der Waals surface area contributed by atoms with E-state index in [9.17, 15) is 13.6 Å². The zero-order valence-electron chi connectivity index (χ0n) is 9.82. The number of rotatable bonds is 3. The molecule has 2 aromatic rings. The zero-order valence-corrected chi connectivity index (χ0v) is 9.82. The van der Waals surface area contributed by atoms with E-state index in [1.54, 1.807) is 0 Å². The standard InChI is InChI=1S/C12H9F2N3O2/c1-15-11-7(12(18)19)5-16-10(17-11)6-2-3-8(13)9(14)4-6/h2-5H,1H3,(H,18,19)(H,15,16,17). The lowest BCUT2D eigenvalue weighted by molar-refractivity contribution is 0.0697. The second-order valence-electron chi connectivity index (χ2n) is 3.64. The van der Waals surface area contributed by atoms with E-state index in [2.05, 4.69) is 15.3 Å². The van der Waals surface area contributed by atoms with Crippen molar-refractivity contribution in [1.29, 1.82) is 0 Å². The maximum absolute atomic E-state index is 13.1. The van der Waals surface area contributed by atoms with Crippen LogP contribution in [0.4, 0.5) is 14.6 Å². The van der Waals surface area contributed by atoms with Crippen molar-refractivity contribution >= 4 is 11.8 Å². The van der Waals surface area contributed by atoms with Gasteiger partial charge in [0.25, 0.3) is 0 Å². The summed E-state index contributed by atoms with van der Waals surface area (Å²) in [4.78, 5) is 18.7. The van der Waals surface area contributed by atoms with Gasteiger partial charge in [-0.05, 0) is 18.2 Å². The molecule has 0 saturated heterocycles. The number of halogens is 2. The van der Waals surface area contributed by atoms with E-state index in [0.29, 0.717) is 0 Å². The van der Waals surface area contributed by atoms with Crippen molar-refractivity contribution in [2.75, 3.05) is 12.4 Å². The molecule has 0 aliphatic heterocycles. The molecule has 98 valence electrons. The van der Waals surface area contributed by atoms with Crippen LogP contribution in [0.1, 0.15) is 10.4 Å². The van der Waals surface area contributed by atoms with Crippen LogP contribution in [0.5, 0.6) is 0 Å². The number of carbonyl (C=O) groups is 1. The summed E-state index contributed by atoms with van der Waals surface area (Å²) in [6, 6.07) is 3.22. The van der Waals surface area contributed by atoms with Crippen LogP contribution >= 0.6 is 0 Å². The Morgan fingerprint density at radius 3 is 2.63 bits per heavy atom. The van der Waals surface area contributed by atoms with Crippen LogP contribution in [0.25, 0.3) is 11.4 Å². The second-order valence-corrected chi connectivity index (χ2v) is 3.64. The van der Waals surface area contributed by atoms with Crippen molar-refractivity contribution in [3.05, 3.63) is 41.6 Å². The van der Waals surface area contributed by atoms with Gasteiger partial charge in [0, 0.05) is 18.8 Å². The van der Waals surface area contributed by atoms with Gasteiger partial charge in [-0.2, -0.15) is 0 Å². The van der Waals surface area contributed by atoms with E-state index in [4.69, 9.17) is 5.11 Å². The van der Waals surface area contributed by atoms with Gasteiger partial charge in [0.05, 0.1) is 0 Å². The predicted molar refractivity (Wildman–Crippen MR) is 63.9 cm³/mol. The number of anilines is 1. The molecule has 0 aliphatic rings. The minimum atomic E-state index is -1.18. The molecule has 0 atom stereocenters. The van der Waals surface area contributed by atoms with Crippen molar-refractivity contribution in [2.45, 2.75) is 0 Å². The van der Waals surface area contributed by atoms with Crippen LogP contribution in [0, 0.1) is 11.6 Å². The molecule has 19 heavy (non-hydrogen) atoms. The summed E-state index contributed by atoms with van der Waals surface area (Å²) < 4.78 is 25.9. The fourth-order valence-electron chi connectivity index (χ4n) is 1.50. The molecule has 1 aromatic heterocycles. The fraction of sp³-hybridized carbons (Fsp3) is 0.0833. The highest BCUT2D eigenvalue weighted by atomic mass is 19.2. The molecule has 0 unspecified atom stereocenters. The minimum absolute atomic E-state index is 0.0993. The molecule has 0 radical (unpaired) electrons. The van der Waals surface area contributed by atoms with Crippen LogP contribution in [-0.2, 0) is 0 Å². The van der Waals surface area contributed by atoms with Gasteiger partial charge in [-0.25, -0.2) is 23.5 Å². The Labute approximate surface area is 106 Å². The first-order valence-electron chi connectivity index (χ1n) is 5.26. The largest absolute Gasteiger partial charge is 0.477 e. The number of hydrogen-bond acceptors (Lipinski definition) is 4. The molecule has 0 saturated carbocycles. The monoisotopic (exact) mass is 265 g/mol. The van der Waals surface area contributed by atoms with Crippen LogP contribution in [-0.4, -0.2) is 28.1 Å². The minimum Gasteiger partial charge on any atom is -0.477 e. The smallest absolute Gasteiger partial charge is 0.341 e. The lowest BCUT2D eigenvalue weighted by Crippen LogP contribution is -2.07. The highest BCUT2D eigenvalue weighted by molar-refractivity contribution is 5.93. The van der Waals surface area contributed by atoms with Crippen molar-refractivity contribution in [2.24, 2.45) is 0 Å². The van der Waals surface area contributed by atoms with Crippen LogP contribution in [0.2, 0.25) is 0 Å². The van der Waals surface area contributed by atoms with Gasteiger partial charge in [0.15, 0.2) is 17.5 Å². The molecule has 7 heteroatoms. The van der Waals surface area contributed by atoms with E-state index in [0.717, 1.165) is 18.3 Å². The topological polar surface area (TPSA) is 75.1 Å². The summed E-state index contributed by atoms with van der Waals surface area (Å²) in [5.41, 5.74) is 0.154. The Kier molecular flexibility index (Phi) is 3.37.